The molecule has 132 valence electrons. The minimum Gasteiger partial charge on any atom is -0.492 e. The van der Waals surface area contributed by atoms with E-state index in [1.807, 2.05) is 30.3 Å². The van der Waals surface area contributed by atoms with E-state index >= 15 is 0 Å². The van der Waals surface area contributed by atoms with E-state index in [1.165, 1.54) is 19.3 Å². The molecule has 24 heavy (non-hydrogen) atoms. The number of nitrogens with one attached hydrogen (secondary N) is 3. The van der Waals surface area contributed by atoms with Crippen molar-refractivity contribution in [3.05, 3.63) is 30.3 Å². The van der Waals surface area contributed by atoms with Crippen LogP contribution in [0, 0.1) is 0 Å². The van der Waals surface area contributed by atoms with Crippen LogP contribution in [-0.4, -0.2) is 44.7 Å². The van der Waals surface area contributed by atoms with Crippen LogP contribution in [-0.2, 0) is 4.79 Å². The van der Waals surface area contributed by atoms with Gasteiger partial charge in [-0.25, -0.2) is 0 Å². The second-order valence-electron chi connectivity index (χ2n) is 5.92. The lowest BCUT2D eigenvalue weighted by Gasteiger charge is -2.23. The van der Waals surface area contributed by atoms with Gasteiger partial charge in [-0.05, 0) is 25.0 Å². The molecule has 0 aromatic heterocycles. The van der Waals surface area contributed by atoms with Crippen molar-refractivity contribution in [1.29, 1.82) is 0 Å². The number of ether oxygens (including phenoxy) is 1. The van der Waals surface area contributed by atoms with Crippen molar-refractivity contribution in [3.8, 4) is 5.75 Å². The molecule has 0 saturated heterocycles. The Bertz CT molecular complexity index is 513. The van der Waals surface area contributed by atoms with E-state index in [4.69, 9.17) is 4.74 Å². The van der Waals surface area contributed by atoms with Crippen molar-refractivity contribution in [2.24, 2.45) is 4.99 Å². The molecule has 0 bridgehead atoms. The summed E-state index contributed by atoms with van der Waals surface area (Å²) in [5.74, 6) is 1.46. The summed E-state index contributed by atoms with van der Waals surface area (Å²) in [6.07, 6.45) is 5.89. The number of benzene rings is 1. The van der Waals surface area contributed by atoms with E-state index in [9.17, 15) is 4.79 Å². The fourth-order valence-electron chi connectivity index (χ4n) is 2.77. The van der Waals surface area contributed by atoms with Gasteiger partial charge in [-0.2, -0.15) is 0 Å². The average molecular weight is 332 g/mol. The zero-order chi connectivity index (χ0) is 17.0. The SMILES string of the molecule is CN=C(NCCOc1ccccc1)NCC(=O)NC1CCCCC1. The van der Waals surface area contributed by atoms with Gasteiger partial charge in [0.25, 0.3) is 0 Å². The third-order valence-electron chi connectivity index (χ3n) is 4.02. The number of amides is 1. The maximum absolute atomic E-state index is 12.0. The molecule has 3 N–H and O–H groups in total. The summed E-state index contributed by atoms with van der Waals surface area (Å²) in [6, 6.07) is 10.0. The number of aliphatic imine (C=N–C) groups is 1. The first-order valence-electron chi connectivity index (χ1n) is 8.69. The molecule has 1 aliphatic rings. The Balaban J connectivity index is 1.58. The van der Waals surface area contributed by atoms with Crippen molar-refractivity contribution in [2.75, 3.05) is 26.7 Å². The summed E-state index contributed by atoms with van der Waals surface area (Å²) < 4.78 is 5.60. The average Bonchev–Trinajstić information content (AvgIpc) is 2.63. The van der Waals surface area contributed by atoms with Crippen LogP contribution in [0.25, 0.3) is 0 Å². The molecule has 1 fully saturated rings. The van der Waals surface area contributed by atoms with Crippen LogP contribution >= 0.6 is 0 Å². The highest BCUT2D eigenvalue weighted by molar-refractivity contribution is 5.86. The summed E-state index contributed by atoms with van der Waals surface area (Å²) in [5, 5.41) is 9.24. The van der Waals surface area contributed by atoms with Crippen molar-refractivity contribution >= 4 is 11.9 Å². The topological polar surface area (TPSA) is 74.8 Å². The number of carbonyl (C=O) groups is 1. The molecule has 6 nitrogen and oxygen atoms in total. The Morgan fingerprint density at radius 3 is 2.62 bits per heavy atom. The lowest BCUT2D eigenvalue weighted by molar-refractivity contribution is -0.120. The molecule has 2 rings (SSSR count). The van der Waals surface area contributed by atoms with Gasteiger partial charge in [-0.15, -0.1) is 0 Å². The first-order chi connectivity index (χ1) is 11.8. The van der Waals surface area contributed by atoms with Crippen LogP contribution in [0.2, 0.25) is 0 Å². The Morgan fingerprint density at radius 2 is 1.92 bits per heavy atom. The summed E-state index contributed by atoms with van der Waals surface area (Å²) in [7, 11) is 1.69. The highest BCUT2D eigenvalue weighted by atomic mass is 16.5. The molecule has 0 heterocycles. The Labute approximate surface area is 144 Å². The summed E-state index contributed by atoms with van der Waals surface area (Å²) in [4.78, 5) is 16.1. The van der Waals surface area contributed by atoms with E-state index in [1.54, 1.807) is 7.05 Å². The molecule has 1 aromatic carbocycles. The van der Waals surface area contributed by atoms with Gasteiger partial charge in [-0.1, -0.05) is 37.5 Å². The number of para-hydroxylation sites is 1. The standard InChI is InChI=1S/C18H28N4O2/c1-19-18(20-12-13-24-16-10-6-3-7-11-16)21-14-17(23)22-15-8-4-2-5-9-15/h3,6-7,10-11,15H,2,4-5,8-9,12-14H2,1H3,(H,22,23)(H2,19,20,21). The third kappa shape index (κ3) is 6.89. The van der Waals surface area contributed by atoms with Crippen molar-refractivity contribution < 1.29 is 9.53 Å². The summed E-state index contributed by atoms with van der Waals surface area (Å²) >= 11 is 0. The van der Waals surface area contributed by atoms with Gasteiger partial charge in [0.1, 0.15) is 12.4 Å². The number of hydrogen-bond acceptors (Lipinski definition) is 3. The van der Waals surface area contributed by atoms with Gasteiger partial charge in [0, 0.05) is 13.1 Å². The van der Waals surface area contributed by atoms with Crippen molar-refractivity contribution in [3.63, 3.8) is 0 Å². The molecular weight excluding hydrogens is 304 g/mol. The predicted molar refractivity (Wildman–Crippen MR) is 96.3 cm³/mol. The van der Waals surface area contributed by atoms with Crippen molar-refractivity contribution in [2.45, 2.75) is 38.1 Å². The molecule has 0 atom stereocenters. The number of carbonyl (C=O) groups excluding carboxylic acids is 1. The van der Waals surface area contributed by atoms with Gasteiger partial charge in [0.2, 0.25) is 5.91 Å². The lowest BCUT2D eigenvalue weighted by Crippen LogP contribution is -2.46. The highest BCUT2D eigenvalue weighted by Crippen LogP contribution is 2.17. The van der Waals surface area contributed by atoms with Crippen LogP contribution in [0.3, 0.4) is 0 Å². The highest BCUT2D eigenvalue weighted by Gasteiger charge is 2.15. The molecule has 1 aromatic rings. The smallest absolute Gasteiger partial charge is 0.239 e. The molecule has 1 saturated carbocycles. The van der Waals surface area contributed by atoms with Gasteiger partial charge in [0.15, 0.2) is 5.96 Å². The molecule has 0 unspecified atom stereocenters. The first-order valence-corrected chi connectivity index (χ1v) is 8.69. The third-order valence-corrected chi connectivity index (χ3v) is 4.02. The zero-order valence-corrected chi connectivity index (χ0v) is 14.4. The maximum atomic E-state index is 12.0. The minimum atomic E-state index is 0.0189. The zero-order valence-electron chi connectivity index (χ0n) is 14.4. The van der Waals surface area contributed by atoms with Gasteiger partial charge in [-0.3, -0.25) is 9.79 Å². The summed E-state index contributed by atoms with van der Waals surface area (Å²) in [6.45, 7) is 1.37. The van der Waals surface area contributed by atoms with E-state index in [0.29, 0.717) is 25.2 Å². The van der Waals surface area contributed by atoms with Gasteiger partial charge >= 0.3 is 0 Å². The maximum Gasteiger partial charge on any atom is 0.239 e. The van der Waals surface area contributed by atoms with E-state index in [0.717, 1.165) is 18.6 Å². The van der Waals surface area contributed by atoms with E-state index in [-0.39, 0.29) is 12.5 Å². The molecule has 0 spiro atoms. The fraction of sp³-hybridized carbons (Fsp3) is 0.556. The molecular formula is C18H28N4O2. The van der Waals surface area contributed by atoms with Gasteiger partial charge in [0.05, 0.1) is 13.1 Å². The number of nitrogens with zero attached hydrogens (tertiary/aromatic N) is 1. The predicted octanol–water partition coefficient (Wildman–Crippen LogP) is 1.68. The molecule has 0 radical (unpaired) electrons. The monoisotopic (exact) mass is 332 g/mol. The Kier molecular flexibility index (Phi) is 7.93. The first kappa shape index (κ1) is 18.1. The van der Waals surface area contributed by atoms with Gasteiger partial charge < -0.3 is 20.7 Å². The van der Waals surface area contributed by atoms with Crippen LogP contribution in [0.15, 0.2) is 35.3 Å². The quantitative estimate of drug-likeness (QED) is 0.403. The van der Waals surface area contributed by atoms with Crippen LogP contribution in [0.5, 0.6) is 5.75 Å². The van der Waals surface area contributed by atoms with Crippen LogP contribution in [0.1, 0.15) is 32.1 Å². The second kappa shape index (κ2) is 10.5. The summed E-state index contributed by atoms with van der Waals surface area (Å²) in [5.41, 5.74) is 0. The normalized spacial score (nSPS) is 15.6. The molecule has 1 aliphatic carbocycles. The van der Waals surface area contributed by atoms with Crippen LogP contribution in [0.4, 0.5) is 0 Å². The number of guanidine groups is 1. The Morgan fingerprint density at radius 1 is 1.17 bits per heavy atom. The number of rotatable bonds is 7. The van der Waals surface area contributed by atoms with Crippen LogP contribution < -0.4 is 20.7 Å². The molecule has 1 amide bonds. The Hall–Kier alpha value is -2.24. The fourth-order valence-corrected chi connectivity index (χ4v) is 2.77. The minimum absolute atomic E-state index is 0.0189. The molecule has 6 heteroatoms. The molecule has 0 aliphatic heterocycles. The van der Waals surface area contributed by atoms with E-state index in [2.05, 4.69) is 20.9 Å². The lowest BCUT2D eigenvalue weighted by atomic mass is 9.95. The van der Waals surface area contributed by atoms with E-state index < -0.39 is 0 Å². The number of hydrogen-bond donors (Lipinski definition) is 3. The second-order valence-corrected chi connectivity index (χ2v) is 5.92. The van der Waals surface area contributed by atoms with Crippen molar-refractivity contribution in [1.82, 2.24) is 16.0 Å². The largest absolute Gasteiger partial charge is 0.492 e.